The molecule has 5 nitrogen and oxygen atoms in total. The molecule has 1 N–H and O–H groups in total. The molecule has 1 aromatic heterocycles. The van der Waals surface area contributed by atoms with E-state index >= 15 is 0 Å². The van der Waals surface area contributed by atoms with Crippen molar-refractivity contribution in [2.45, 2.75) is 23.6 Å². The number of thiazole rings is 1. The summed E-state index contributed by atoms with van der Waals surface area (Å²) in [4.78, 5) is 30.7. The normalized spacial score (nSPS) is 14.5. The van der Waals surface area contributed by atoms with Crippen LogP contribution in [0.4, 0.5) is 11.4 Å². The fraction of sp³-hybridized carbons (Fsp3) is 0.250. The van der Waals surface area contributed by atoms with Crippen molar-refractivity contribution in [1.82, 2.24) is 4.98 Å². The Labute approximate surface area is 165 Å². The number of hydrogen-bond donors (Lipinski definition) is 1. The van der Waals surface area contributed by atoms with E-state index in [-0.39, 0.29) is 11.8 Å². The zero-order valence-corrected chi connectivity index (χ0v) is 16.3. The van der Waals surface area contributed by atoms with Gasteiger partial charge in [0.05, 0.1) is 16.0 Å². The van der Waals surface area contributed by atoms with Gasteiger partial charge in [0.1, 0.15) is 0 Å². The number of aromatic nitrogens is 1. The quantitative estimate of drug-likeness (QED) is 0.642. The molecule has 0 aliphatic carbocycles. The number of piperidine rings is 1. The average Bonchev–Trinajstić information content (AvgIpc) is 3.10. The van der Waals surface area contributed by atoms with E-state index in [0.29, 0.717) is 17.9 Å². The number of anilines is 2. The first-order chi connectivity index (χ1) is 13.2. The summed E-state index contributed by atoms with van der Waals surface area (Å²) in [7, 11) is 0. The molecule has 0 atom stereocenters. The first kappa shape index (κ1) is 18.0. The van der Waals surface area contributed by atoms with Crippen molar-refractivity contribution in [3.63, 3.8) is 0 Å². The van der Waals surface area contributed by atoms with Crippen LogP contribution in [0.5, 0.6) is 0 Å². The maximum absolute atomic E-state index is 12.3. The summed E-state index contributed by atoms with van der Waals surface area (Å²) in [5.41, 5.74) is 2.52. The number of para-hydroxylation sites is 1. The maximum atomic E-state index is 12.3. The molecule has 27 heavy (non-hydrogen) atoms. The van der Waals surface area contributed by atoms with Gasteiger partial charge in [0.2, 0.25) is 11.8 Å². The molecule has 1 fully saturated rings. The van der Waals surface area contributed by atoms with E-state index < -0.39 is 0 Å². The van der Waals surface area contributed by atoms with Crippen LogP contribution in [0.25, 0.3) is 10.2 Å². The second kappa shape index (κ2) is 8.10. The number of carbonyl (C=O) groups excluding carboxylic acids is 2. The monoisotopic (exact) mass is 397 g/mol. The SMILES string of the molecule is O=C(CSc1nc2ccccc2s1)Nc1cccc(N2CCCCC2=O)c1. The molecular formula is C20H19N3O2S2. The zero-order valence-electron chi connectivity index (χ0n) is 14.7. The highest BCUT2D eigenvalue weighted by Gasteiger charge is 2.19. The largest absolute Gasteiger partial charge is 0.325 e. The lowest BCUT2D eigenvalue weighted by Gasteiger charge is -2.27. The van der Waals surface area contributed by atoms with Gasteiger partial charge in [0.25, 0.3) is 0 Å². The highest BCUT2D eigenvalue weighted by Crippen LogP contribution is 2.29. The summed E-state index contributed by atoms with van der Waals surface area (Å²) in [6.07, 6.45) is 2.56. The van der Waals surface area contributed by atoms with Crippen molar-refractivity contribution in [3.8, 4) is 0 Å². The van der Waals surface area contributed by atoms with Crippen molar-refractivity contribution >= 4 is 56.5 Å². The molecule has 0 unspecified atom stereocenters. The fourth-order valence-electron chi connectivity index (χ4n) is 3.07. The number of fused-ring (bicyclic) bond motifs is 1. The highest BCUT2D eigenvalue weighted by molar-refractivity contribution is 8.01. The molecule has 0 spiro atoms. The molecule has 1 aliphatic heterocycles. The first-order valence-electron chi connectivity index (χ1n) is 8.88. The van der Waals surface area contributed by atoms with E-state index in [1.54, 1.807) is 16.2 Å². The van der Waals surface area contributed by atoms with Crippen LogP contribution in [-0.2, 0) is 9.59 Å². The van der Waals surface area contributed by atoms with Crippen LogP contribution in [0, 0.1) is 0 Å². The maximum Gasteiger partial charge on any atom is 0.234 e. The Balaban J connectivity index is 1.37. The molecular weight excluding hydrogens is 378 g/mol. The molecule has 2 amide bonds. The predicted molar refractivity (Wildman–Crippen MR) is 112 cm³/mol. The summed E-state index contributed by atoms with van der Waals surface area (Å²) in [5.74, 6) is 0.365. The Hall–Kier alpha value is -2.38. The summed E-state index contributed by atoms with van der Waals surface area (Å²) in [5, 5.41) is 2.92. The Kier molecular flexibility index (Phi) is 5.40. The van der Waals surface area contributed by atoms with E-state index in [9.17, 15) is 9.59 Å². The van der Waals surface area contributed by atoms with Gasteiger partial charge in [0.15, 0.2) is 4.34 Å². The van der Waals surface area contributed by atoms with E-state index in [4.69, 9.17) is 0 Å². The lowest BCUT2D eigenvalue weighted by atomic mass is 10.1. The van der Waals surface area contributed by atoms with Crippen LogP contribution in [0.3, 0.4) is 0 Å². The van der Waals surface area contributed by atoms with E-state index in [1.165, 1.54) is 11.8 Å². The van der Waals surface area contributed by atoms with Crippen LogP contribution in [0.15, 0.2) is 52.9 Å². The summed E-state index contributed by atoms with van der Waals surface area (Å²) < 4.78 is 2.01. The van der Waals surface area contributed by atoms with Crippen molar-refractivity contribution in [3.05, 3.63) is 48.5 Å². The van der Waals surface area contributed by atoms with Crippen LogP contribution < -0.4 is 10.2 Å². The first-order valence-corrected chi connectivity index (χ1v) is 10.7. The van der Waals surface area contributed by atoms with Crippen molar-refractivity contribution in [2.75, 3.05) is 22.5 Å². The van der Waals surface area contributed by atoms with Crippen LogP contribution in [0.1, 0.15) is 19.3 Å². The minimum atomic E-state index is -0.0821. The number of benzene rings is 2. The zero-order chi connectivity index (χ0) is 18.6. The molecule has 0 bridgehead atoms. The van der Waals surface area contributed by atoms with Crippen LogP contribution >= 0.6 is 23.1 Å². The Morgan fingerprint density at radius 3 is 2.93 bits per heavy atom. The topological polar surface area (TPSA) is 62.3 Å². The summed E-state index contributed by atoms with van der Waals surface area (Å²) >= 11 is 3.03. The smallest absolute Gasteiger partial charge is 0.234 e. The van der Waals surface area contributed by atoms with Crippen molar-refractivity contribution < 1.29 is 9.59 Å². The third kappa shape index (κ3) is 4.31. The van der Waals surface area contributed by atoms with Gasteiger partial charge in [-0.2, -0.15) is 0 Å². The van der Waals surface area contributed by atoms with E-state index in [0.717, 1.165) is 39.6 Å². The molecule has 0 saturated carbocycles. The minimum absolute atomic E-state index is 0.0821. The molecule has 138 valence electrons. The Morgan fingerprint density at radius 2 is 2.07 bits per heavy atom. The predicted octanol–water partition coefficient (Wildman–Crippen LogP) is 4.54. The molecule has 0 radical (unpaired) electrons. The molecule has 4 rings (SSSR count). The van der Waals surface area contributed by atoms with Crippen molar-refractivity contribution in [1.29, 1.82) is 0 Å². The number of rotatable bonds is 5. The molecule has 2 heterocycles. The number of hydrogen-bond acceptors (Lipinski definition) is 5. The van der Waals surface area contributed by atoms with Gasteiger partial charge in [-0.3, -0.25) is 9.59 Å². The summed E-state index contributed by atoms with van der Waals surface area (Å²) in [6, 6.07) is 15.4. The second-order valence-electron chi connectivity index (χ2n) is 6.34. The van der Waals surface area contributed by atoms with Gasteiger partial charge in [-0.1, -0.05) is 30.0 Å². The molecule has 7 heteroatoms. The van der Waals surface area contributed by atoms with E-state index in [1.807, 2.05) is 48.5 Å². The van der Waals surface area contributed by atoms with Gasteiger partial charge in [-0.15, -0.1) is 11.3 Å². The lowest BCUT2D eigenvalue weighted by molar-refractivity contribution is -0.119. The van der Waals surface area contributed by atoms with Gasteiger partial charge >= 0.3 is 0 Å². The third-order valence-electron chi connectivity index (χ3n) is 4.37. The van der Waals surface area contributed by atoms with Crippen LogP contribution in [-0.4, -0.2) is 29.1 Å². The van der Waals surface area contributed by atoms with Gasteiger partial charge in [-0.25, -0.2) is 4.98 Å². The van der Waals surface area contributed by atoms with Crippen molar-refractivity contribution in [2.24, 2.45) is 0 Å². The summed E-state index contributed by atoms with van der Waals surface area (Å²) in [6.45, 7) is 0.740. The number of nitrogens with one attached hydrogen (secondary N) is 1. The number of thioether (sulfide) groups is 1. The molecule has 1 aliphatic rings. The van der Waals surface area contributed by atoms with Gasteiger partial charge in [0, 0.05) is 24.3 Å². The number of amides is 2. The number of carbonyl (C=O) groups is 2. The van der Waals surface area contributed by atoms with Gasteiger partial charge in [-0.05, 0) is 43.2 Å². The number of nitrogens with zero attached hydrogens (tertiary/aromatic N) is 2. The van der Waals surface area contributed by atoms with E-state index in [2.05, 4.69) is 10.3 Å². The molecule has 3 aromatic rings. The second-order valence-corrected chi connectivity index (χ2v) is 8.59. The average molecular weight is 398 g/mol. The Morgan fingerprint density at radius 1 is 1.19 bits per heavy atom. The van der Waals surface area contributed by atoms with Gasteiger partial charge < -0.3 is 10.2 Å². The Bertz CT molecular complexity index is 953. The minimum Gasteiger partial charge on any atom is -0.325 e. The lowest BCUT2D eigenvalue weighted by Crippen LogP contribution is -2.35. The standard InChI is InChI=1S/C20H19N3O2S2/c24-18(13-26-20-22-16-8-1-2-9-17(16)27-20)21-14-6-5-7-15(12-14)23-11-4-3-10-19(23)25/h1-2,5-9,12H,3-4,10-11,13H2,(H,21,24). The van der Waals surface area contributed by atoms with Crippen LogP contribution in [0.2, 0.25) is 0 Å². The molecule has 2 aromatic carbocycles. The highest BCUT2D eigenvalue weighted by atomic mass is 32.2. The fourth-order valence-corrected chi connectivity index (χ4v) is 4.94. The third-order valence-corrected chi connectivity index (χ3v) is 6.55. The molecule has 1 saturated heterocycles.